The van der Waals surface area contributed by atoms with Gasteiger partial charge in [-0.05, 0) is 19.3 Å². The van der Waals surface area contributed by atoms with Crippen LogP contribution in [-0.4, -0.2) is 51.5 Å². The molecule has 2 aliphatic rings. The summed E-state index contributed by atoms with van der Waals surface area (Å²) in [5.41, 5.74) is 0. The summed E-state index contributed by atoms with van der Waals surface area (Å²) in [5, 5.41) is 6.16. The number of hydrogen-bond donors (Lipinski definition) is 2. The van der Waals surface area contributed by atoms with E-state index in [1.165, 1.54) is 0 Å². The van der Waals surface area contributed by atoms with Crippen LogP contribution in [0.4, 0.5) is 0 Å². The average Bonchev–Trinajstić information content (AvgIpc) is 2.95. The normalized spacial score (nSPS) is 29.1. The zero-order chi connectivity index (χ0) is 12.1. The molecule has 0 spiro atoms. The van der Waals surface area contributed by atoms with Crippen molar-refractivity contribution in [1.29, 1.82) is 0 Å². The number of hydrogen-bond acceptors (Lipinski definition) is 4. The predicted molar refractivity (Wildman–Crippen MR) is 71.0 cm³/mol. The number of carbonyl (C=O) groups excluding carboxylic acids is 1. The van der Waals surface area contributed by atoms with Gasteiger partial charge in [0.05, 0.1) is 24.7 Å². The number of amides is 1. The average molecular weight is 279 g/mol. The quantitative estimate of drug-likeness (QED) is 0.659. The second kappa shape index (κ2) is 7.94. The molecule has 2 heterocycles. The number of carbonyl (C=O) groups is 1. The molecule has 106 valence electrons. The molecule has 2 rings (SSSR count). The number of methoxy groups -OCH3 is 1. The van der Waals surface area contributed by atoms with Crippen molar-refractivity contribution >= 4 is 18.3 Å². The Labute approximate surface area is 114 Å². The Morgan fingerprint density at radius 1 is 1.33 bits per heavy atom. The van der Waals surface area contributed by atoms with Gasteiger partial charge in [0, 0.05) is 26.7 Å². The lowest BCUT2D eigenvalue weighted by molar-refractivity contribution is -0.126. The summed E-state index contributed by atoms with van der Waals surface area (Å²) in [6.07, 6.45) is 3.62. The highest BCUT2D eigenvalue weighted by molar-refractivity contribution is 5.85. The zero-order valence-corrected chi connectivity index (χ0v) is 11.6. The third-order valence-electron chi connectivity index (χ3n) is 3.53. The highest BCUT2D eigenvalue weighted by Crippen LogP contribution is 2.38. The molecule has 2 saturated heterocycles. The van der Waals surface area contributed by atoms with Crippen LogP contribution < -0.4 is 10.6 Å². The van der Waals surface area contributed by atoms with E-state index in [0.717, 1.165) is 32.4 Å². The molecule has 5 nitrogen and oxygen atoms in total. The Hall–Kier alpha value is -0.360. The fourth-order valence-electron chi connectivity index (χ4n) is 2.62. The van der Waals surface area contributed by atoms with Crippen LogP contribution in [0, 0.1) is 5.92 Å². The van der Waals surface area contributed by atoms with E-state index in [1.807, 2.05) is 0 Å². The van der Waals surface area contributed by atoms with Crippen LogP contribution in [0.15, 0.2) is 0 Å². The summed E-state index contributed by atoms with van der Waals surface area (Å²) >= 11 is 0. The molecule has 0 aromatic carbocycles. The van der Waals surface area contributed by atoms with Crippen molar-refractivity contribution in [3.05, 3.63) is 0 Å². The minimum atomic E-state index is 0. The van der Waals surface area contributed by atoms with E-state index in [0.29, 0.717) is 19.3 Å². The summed E-state index contributed by atoms with van der Waals surface area (Å²) in [6.45, 7) is 2.99. The van der Waals surface area contributed by atoms with Crippen molar-refractivity contribution in [3.8, 4) is 0 Å². The van der Waals surface area contributed by atoms with E-state index < -0.39 is 0 Å². The number of ether oxygens (including phenoxy) is 2. The molecule has 6 heteroatoms. The number of fused-ring (bicyclic) bond motifs is 2. The van der Waals surface area contributed by atoms with E-state index >= 15 is 0 Å². The van der Waals surface area contributed by atoms with Crippen LogP contribution in [-0.2, 0) is 14.3 Å². The second-order valence-corrected chi connectivity index (χ2v) is 4.75. The van der Waals surface area contributed by atoms with Crippen LogP contribution in [0.2, 0.25) is 0 Å². The first-order chi connectivity index (χ1) is 8.31. The maximum atomic E-state index is 11.9. The van der Waals surface area contributed by atoms with Gasteiger partial charge in [-0.25, -0.2) is 0 Å². The standard InChI is InChI=1S/C12H22N2O3.ClH/c1-16-7-6-13-4-5-14-12(15)10-8-9-2-3-11(10)17-9;/h9-11,13H,2-8H2,1H3,(H,14,15);1H. The van der Waals surface area contributed by atoms with Crippen molar-refractivity contribution in [2.45, 2.75) is 31.5 Å². The summed E-state index contributed by atoms with van der Waals surface area (Å²) in [4.78, 5) is 11.9. The number of nitrogens with one attached hydrogen (secondary N) is 2. The van der Waals surface area contributed by atoms with Gasteiger partial charge in [0.1, 0.15) is 0 Å². The molecule has 0 radical (unpaired) electrons. The summed E-state index contributed by atoms with van der Waals surface area (Å²) in [7, 11) is 1.68. The molecule has 1 amide bonds. The lowest BCUT2D eigenvalue weighted by atomic mass is 9.88. The van der Waals surface area contributed by atoms with Gasteiger partial charge in [0.25, 0.3) is 0 Å². The summed E-state index contributed by atoms with van der Waals surface area (Å²) < 4.78 is 10.6. The Morgan fingerprint density at radius 2 is 2.17 bits per heavy atom. The van der Waals surface area contributed by atoms with Crippen LogP contribution in [0.25, 0.3) is 0 Å². The molecule has 2 aliphatic heterocycles. The molecule has 3 atom stereocenters. The Balaban J connectivity index is 0.00000162. The minimum absolute atomic E-state index is 0. The largest absolute Gasteiger partial charge is 0.383 e. The number of rotatable bonds is 7. The maximum absolute atomic E-state index is 11.9. The summed E-state index contributed by atoms with van der Waals surface area (Å²) in [6, 6.07) is 0. The van der Waals surface area contributed by atoms with Crippen LogP contribution in [0.3, 0.4) is 0 Å². The first-order valence-corrected chi connectivity index (χ1v) is 6.44. The van der Waals surface area contributed by atoms with Gasteiger partial charge in [0.2, 0.25) is 5.91 Å². The van der Waals surface area contributed by atoms with Crippen molar-refractivity contribution in [2.75, 3.05) is 33.4 Å². The SMILES string of the molecule is COCCNCCNC(=O)C1CC2CCC1O2.Cl. The molecule has 2 fully saturated rings. The third kappa shape index (κ3) is 4.09. The van der Waals surface area contributed by atoms with E-state index in [-0.39, 0.29) is 30.3 Å². The maximum Gasteiger partial charge on any atom is 0.225 e. The zero-order valence-electron chi connectivity index (χ0n) is 10.8. The predicted octanol–water partition coefficient (Wildman–Crippen LogP) is 0.328. The minimum Gasteiger partial charge on any atom is -0.383 e. The monoisotopic (exact) mass is 278 g/mol. The molecule has 3 unspecified atom stereocenters. The molecular weight excluding hydrogens is 256 g/mol. The molecular formula is C12H23ClN2O3. The first-order valence-electron chi connectivity index (χ1n) is 6.44. The van der Waals surface area contributed by atoms with E-state index in [9.17, 15) is 4.79 Å². The highest BCUT2D eigenvalue weighted by Gasteiger charge is 2.44. The molecule has 18 heavy (non-hydrogen) atoms. The Bertz CT molecular complexity index is 266. The molecule has 0 aromatic rings. The van der Waals surface area contributed by atoms with Gasteiger partial charge in [-0.2, -0.15) is 0 Å². The topological polar surface area (TPSA) is 59.6 Å². The summed E-state index contributed by atoms with van der Waals surface area (Å²) in [5.74, 6) is 0.249. The highest BCUT2D eigenvalue weighted by atomic mass is 35.5. The van der Waals surface area contributed by atoms with Gasteiger partial charge >= 0.3 is 0 Å². The lowest BCUT2D eigenvalue weighted by Gasteiger charge is -2.17. The van der Waals surface area contributed by atoms with Crippen molar-refractivity contribution < 1.29 is 14.3 Å². The molecule has 0 aliphatic carbocycles. The van der Waals surface area contributed by atoms with Crippen LogP contribution >= 0.6 is 12.4 Å². The van der Waals surface area contributed by atoms with Gasteiger partial charge in [-0.3, -0.25) is 4.79 Å². The Morgan fingerprint density at radius 3 is 2.78 bits per heavy atom. The van der Waals surface area contributed by atoms with Gasteiger partial charge < -0.3 is 20.1 Å². The van der Waals surface area contributed by atoms with Crippen molar-refractivity contribution in [3.63, 3.8) is 0 Å². The fourth-order valence-corrected chi connectivity index (χ4v) is 2.62. The van der Waals surface area contributed by atoms with Crippen LogP contribution in [0.1, 0.15) is 19.3 Å². The molecule has 2 N–H and O–H groups in total. The van der Waals surface area contributed by atoms with E-state index in [2.05, 4.69) is 10.6 Å². The van der Waals surface area contributed by atoms with E-state index in [4.69, 9.17) is 9.47 Å². The van der Waals surface area contributed by atoms with Gasteiger partial charge in [-0.15, -0.1) is 12.4 Å². The molecule has 2 bridgehead atoms. The molecule has 0 saturated carbocycles. The first kappa shape index (κ1) is 15.7. The second-order valence-electron chi connectivity index (χ2n) is 4.75. The van der Waals surface area contributed by atoms with Crippen LogP contribution in [0.5, 0.6) is 0 Å². The third-order valence-corrected chi connectivity index (χ3v) is 3.53. The lowest BCUT2D eigenvalue weighted by Crippen LogP contribution is -2.39. The van der Waals surface area contributed by atoms with Crippen molar-refractivity contribution in [2.24, 2.45) is 5.92 Å². The van der Waals surface area contributed by atoms with Gasteiger partial charge in [0.15, 0.2) is 0 Å². The number of halogens is 1. The van der Waals surface area contributed by atoms with E-state index in [1.54, 1.807) is 7.11 Å². The van der Waals surface area contributed by atoms with Gasteiger partial charge in [-0.1, -0.05) is 0 Å². The smallest absolute Gasteiger partial charge is 0.225 e. The van der Waals surface area contributed by atoms with Crippen molar-refractivity contribution in [1.82, 2.24) is 10.6 Å². The Kier molecular flexibility index (Phi) is 6.92. The molecule has 0 aromatic heterocycles. The fraction of sp³-hybridized carbons (Fsp3) is 0.917.